The second-order valence-corrected chi connectivity index (χ2v) is 3.74. The van der Waals surface area contributed by atoms with Gasteiger partial charge >= 0.3 is 0 Å². The maximum atomic E-state index is 9.12. The van der Waals surface area contributed by atoms with E-state index in [1.165, 1.54) is 0 Å². The average Bonchev–Trinajstić information content (AvgIpc) is 2.38. The Morgan fingerprint density at radius 3 is 2.57 bits per heavy atom. The number of allylic oxidation sites excluding steroid dienone is 1. The molecule has 1 rings (SSSR count). The highest BCUT2D eigenvalue weighted by Gasteiger charge is 2.09. The topological polar surface area (TPSA) is 38.0 Å². The van der Waals surface area contributed by atoms with E-state index in [4.69, 9.17) is 5.11 Å². The Hall–Kier alpha value is -1.09. The molecule has 0 radical (unpaired) electrons. The lowest BCUT2D eigenvalue weighted by Crippen LogP contribution is -2.03. The predicted octanol–water partition coefficient (Wildman–Crippen LogP) is 1.96. The van der Waals surface area contributed by atoms with Gasteiger partial charge in [-0.3, -0.25) is 4.68 Å². The van der Waals surface area contributed by atoms with Crippen LogP contribution in [0.3, 0.4) is 0 Å². The van der Waals surface area contributed by atoms with E-state index < -0.39 is 0 Å². The molecule has 0 fully saturated rings. The first-order valence-electron chi connectivity index (χ1n) is 4.84. The van der Waals surface area contributed by atoms with Gasteiger partial charge in [-0.05, 0) is 27.2 Å². The second-order valence-electron chi connectivity index (χ2n) is 3.74. The van der Waals surface area contributed by atoms with Gasteiger partial charge in [-0.1, -0.05) is 5.57 Å². The predicted molar refractivity (Wildman–Crippen MR) is 57.1 cm³/mol. The summed E-state index contributed by atoms with van der Waals surface area (Å²) in [7, 11) is 0. The van der Waals surface area contributed by atoms with Gasteiger partial charge in [-0.25, -0.2) is 0 Å². The maximum Gasteiger partial charge on any atom is 0.0718 e. The van der Waals surface area contributed by atoms with Crippen LogP contribution >= 0.6 is 0 Å². The number of aryl methyl sites for hydroxylation is 2. The summed E-state index contributed by atoms with van der Waals surface area (Å²) in [5.41, 5.74) is 4.09. The van der Waals surface area contributed by atoms with Gasteiger partial charge in [0.25, 0.3) is 0 Å². The lowest BCUT2D eigenvalue weighted by molar-refractivity contribution is 0.280. The largest absolute Gasteiger partial charge is 0.392 e. The number of hydrogen-bond acceptors (Lipinski definition) is 2. The van der Waals surface area contributed by atoms with E-state index in [9.17, 15) is 0 Å². The van der Waals surface area contributed by atoms with Gasteiger partial charge in [0, 0.05) is 17.8 Å². The molecule has 0 saturated heterocycles. The van der Waals surface area contributed by atoms with Gasteiger partial charge < -0.3 is 5.11 Å². The van der Waals surface area contributed by atoms with Crippen LogP contribution in [0.5, 0.6) is 0 Å². The zero-order valence-electron chi connectivity index (χ0n) is 9.17. The van der Waals surface area contributed by atoms with Crippen LogP contribution in [0.1, 0.15) is 30.3 Å². The second kappa shape index (κ2) is 4.42. The van der Waals surface area contributed by atoms with E-state index >= 15 is 0 Å². The first-order valence-corrected chi connectivity index (χ1v) is 4.84. The molecular formula is C11H18N2O. The molecule has 0 saturated carbocycles. The van der Waals surface area contributed by atoms with Gasteiger partial charge in [0.05, 0.1) is 12.3 Å². The van der Waals surface area contributed by atoms with Crippen molar-refractivity contribution in [3.8, 4) is 0 Å². The molecule has 1 N–H and O–H groups in total. The van der Waals surface area contributed by atoms with Crippen LogP contribution in [0.4, 0.5) is 0 Å². The zero-order valence-corrected chi connectivity index (χ0v) is 9.17. The molecular weight excluding hydrogens is 176 g/mol. The molecule has 0 aromatic carbocycles. The van der Waals surface area contributed by atoms with E-state index in [2.05, 4.69) is 11.7 Å². The molecule has 1 aromatic heterocycles. The third-order valence-electron chi connectivity index (χ3n) is 2.44. The minimum Gasteiger partial charge on any atom is -0.392 e. The number of rotatable bonds is 4. The Balaban J connectivity index is 2.83. The lowest BCUT2D eigenvalue weighted by atomic mass is 10.2. The first kappa shape index (κ1) is 11.0. The third-order valence-corrected chi connectivity index (χ3v) is 2.44. The Kier molecular flexibility index (Phi) is 3.47. The van der Waals surface area contributed by atoms with Crippen LogP contribution in [-0.4, -0.2) is 14.9 Å². The van der Waals surface area contributed by atoms with Crippen molar-refractivity contribution in [2.75, 3.05) is 0 Å². The SMILES string of the molecule is C=C(C)CCn1nc(C)c(CO)c1C. The Morgan fingerprint density at radius 2 is 2.14 bits per heavy atom. The summed E-state index contributed by atoms with van der Waals surface area (Å²) in [6, 6.07) is 0. The Labute approximate surface area is 85.1 Å². The van der Waals surface area contributed by atoms with Gasteiger partial charge in [0.1, 0.15) is 0 Å². The van der Waals surface area contributed by atoms with E-state index in [0.29, 0.717) is 0 Å². The van der Waals surface area contributed by atoms with Gasteiger partial charge in [0.2, 0.25) is 0 Å². The molecule has 0 aliphatic carbocycles. The van der Waals surface area contributed by atoms with Crippen LogP contribution in [0, 0.1) is 13.8 Å². The minimum absolute atomic E-state index is 0.0741. The summed E-state index contributed by atoms with van der Waals surface area (Å²) in [6.45, 7) is 10.7. The Morgan fingerprint density at radius 1 is 1.50 bits per heavy atom. The van der Waals surface area contributed by atoms with Gasteiger partial charge in [-0.2, -0.15) is 5.10 Å². The lowest BCUT2D eigenvalue weighted by Gasteiger charge is -2.04. The summed E-state index contributed by atoms with van der Waals surface area (Å²) in [5, 5.41) is 13.5. The van der Waals surface area contributed by atoms with Crippen LogP contribution in [0.2, 0.25) is 0 Å². The van der Waals surface area contributed by atoms with Crippen LogP contribution in [0.15, 0.2) is 12.2 Å². The number of aromatic nitrogens is 2. The number of aliphatic hydroxyl groups excluding tert-OH is 1. The molecule has 1 aromatic rings. The molecule has 78 valence electrons. The molecule has 0 aliphatic heterocycles. The van der Waals surface area contributed by atoms with Crippen molar-refractivity contribution in [1.29, 1.82) is 0 Å². The molecule has 0 spiro atoms. The van der Waals surface area contributed by atoms with Crippen molar-refractivity contribution in [3.63, 3.8) is 0 Å². The maximum absolute atomic E-state index is 9.12. The van der Waals surface area contributed by atoms with Crippen molar-refractivity contribution in [1.82, 2.24) is 9.78 Å². The summed E-state index contributed by atoms with van der Waals surface area (Å²) < 4.78 is 1.94. The number of aliphatic hydroxyl groups is 1. The molecule has 3 heteroatoms. The number of hydrogen-bond donors (Lipinski definition) is 1. The zero-order chi connectivity index (χ0) is 10.7. The smallest absolute Gasteiger partial charge is 0.0718 e. The van der Waals surface area contributed by atoms with Crippen molar-refractivity contribution < 1.29 is 5.11 Å². The molecule has 0 aliphatic rings. The first-order chi connectivity index (χ1) is 6.56. The minimum atomic E-state index is 0.0741. The van der Waals surface area contributed by atoms with Crippen LogP contribution < -0.4 is 0 Å². The summed E-state index contributed by atoms with van der Waals surface area (Å²) in [4.78, 5) is 0. The quantitative estimate of drug-likeness (QED) is 0.744. The third kappa shape index (κ3) is 2.23. The van der Waals surface area contributed by atoms with Crippen molar-refractivity contribution in [2.24, 2.45) is 0 Å². The average molecular weight is 194 g/mol. The molecule has 0 bridgehead atoms. The van der Waals surface area contributed by atoms with Gasteiger partial charge in [-0.15, -0.1) is 6.58 Å². The number of nitrogens with zero attached hydrogens (tertiary/aromatic N) is 2. The molecule has 0 amide bonds. The molecule has 0 unspecified atom stereocenters. The fourth-order valence-electron chi connectivity index (χ4n) is 1.48. The molecule has 1 heterocycles. The van der Waals surface area contributed by atoms with Crippen LogP contribution in [-0.2, 0) is 13.2 Å². The van der Waals surface area contributed by atoms with Crippen LogP contribution in [0.25, 0.3) is 0 Å². The molecule has 14 heavy (non-hydrogen) atoms. The van der Waals surface area contributed by atoms with Crippen molar-refractivity contribution in [3.05, 3.63) is 29.1 Å². The van der Waals surface area contributed by atoms with Gasteiger partial charge in [0.15, 0.2) is 0 Å². The molecule has 3 nitrogen and oxygen atoms in total. The van der Waals surface area contributed by atoms with Crippen molar-refractivity contribution >= 4 is 0 Å². The van der Waals surface area contributed by atoms with E-state index in [1.807, 2.05) is 25.5 Å². The molecule has 0 atom stereocenters. The Bertz CT molecular complexity index is 339. The summed E-state index contributed by atoms with van der Waals surface area (Å²) >= 11 is 0. The highest BCUT2D eigenvalue weighted by atomic mass is 16.3. The fraction of sp³-hybridized carbons (Fsp3) is 0.545. The van der Waals surface area contributed by atoms with E-state index in [0.717, 1.165) is 35.5 Å². The van der Waals surface area contributed by atoms with Crippen molar-refractivity contribution in [2.45, 2.75) is 40.3 Å². The normalized spacial score (nSPS) is 10.6. The fourth-order valence-corrected chi connectivity index (χ4v) is 1.48. The highest BCUT2D eigenvalue weighted by Crippen LogP contribution is 2.13. The monoisotopic (exact) mass is 194 g/mol. The summed E-state index contributed by atoms with van der Waals surface area (Å²) in [5.74, 6) is 0. The highest BCUT2D eigenvalue weighted by molar-refractivity contribution is 5.23. The standard InChI is InChI=1S/C11H18N2O/c1-8(2)5-6-13-10(4)11(7-14)9(3)12-13/h14H,1,5-7H2,2-4H3. The van der Waals surface area contributed by atoms with E-state index in [-0.39, 0.29) is 6.61 Å². The summed E-state index contributed by atoms with van der Waals surface area (Å²) in [6.07, 6.45) is 0.937. The van der Waals surface area contributed by atoms with E-state index in [1.54, 1.807) is 0 Å².